The number of nitrogens with zero attached hydrogens (tertiary/aromatic N) is 2. The van der Waals surface area contributed by atoms with Gasteiger partial charge in [-0.3, -0.25) is 24.0 Å². The van der Waals surface area contributed by atoms with Gasteiger partial charge in [-0.2, -0.15) is 5.26 Å². The first-order valence-corrected chi connectivity index (χ1v) is 21.0. The van der Waals surface area contributed by atoms with Gasteiger partial charge in [-0.15, -0.1) is 0 Å². The molecule has 0 aliphatic carbocycles. The van der Waals surface area contributed by atoms with E-state index in [1.807, 2.05) is 18.2 Å². The van der Waals surface area contributed by atoms with Crippen molar-refractivity contribution in [3.63, 3.8) is 0 Å². The number of unbranched alkanes of at least 4 members (excludes halogenated alkanes) is 1. The van der Waals surface area contributed by atoms with Crippen LogP contribution in [-0.2, 0) is 32.0 Å². The highest BCUT2D eigenvalue weighted by Crippen LogP contribution is 2.40. The van der Waals surface area contributed by atoms with E-state index in [4.69, 9.17) is 26.2 Å². The molecule has 0 saturated carbocycles. The smallest absolute Gasteiger partial charge is 0.251 e. The summed E-state index contributed by atoms with van der Waals surface area (Å²) in [5.41, 5.74) is 16.8. The van der Waals surface area contributed by atoms with Gasteiger partial charge in [0.25, 0.3) is 5.91 Å². The first-order valence-electron chi connectivity index (χ1n) is 21.0. The topological polar surface area (TPSA) is 251 Å². The molecule has 16 nitrogen and oxygen atoms in total. The lowest BCUT2D eigenvalue weighted by atomic mass is 9.93. The van der Waals surface area contributed by atoms with Crippen molar-refractivity contribution < 1.29 is 38.6 Å². The molecule has 16 heteroatoms. The van der Waals surface area contributed by atoms with Crippen LogP contribution >= 0.6 is 0 Å². The van der Waals surface area contributed by atoms with Crippen molar-refractivity contribution in [2.45, 2.75) is 63.7 Å². The van der Waals surface area contributed by atoms with Crippen LogP contribution in [0.4, 0.5) is 0 Å². The zero-order valence-corrected chi connectivity index (χ0v) is 35.8. The SMILES string of the molecule is CCCCc1ccc(-c2ccc(C(=O)N[C@@H](CO)C(=O)N(C)[C@@H]3C(=O)N[C@@H](C)C(=O)N[C@H](C(=O)NCC#N)Cc4ccc(OCCN)c(c4)-c4cc3ccc4OCCN)cc2)cc1. The summed E-state index contributed by atoms with van der Waals surface area (Å²) in [6.07, 6.45) is 3.22. The Morgan fingerprint density at radius 2 is 1.51 bits per heavy atom. The fourth-order valence-electron chi connectivity index (χ4n) is 7.19. The molecule has 4 bridgehead atoms. The van der Waals surface area contributed by atoms with Crippen molar-refractivity contribution in [3.05, 3.63) is 107 Å². The summed E-state index contributed by atoms with van der Waals surface area (Å²) in [6.45, 7) is 3.12. The number of amides is 5. The number of ether oxygens (including phenoxy) is 2. The molecule has 63 heavy (non-hydrogen) atoms. The average Bonchev–Trinajstić information content (AvgIpc) is 3.30. The normalized spacial score (nSPS) is 16.6. The lowest BCUT2D eigenvalue weighted by Gasteiger charge is -2.32. The number of likely N-dealkylation sites (N-methyl/N-ethyl adjacent to an activating group) is 1. The van der Waals surface area contributed by atoms with Crippen LogP contribution in [0.3, 0.4) is 0 Å². The highest BCUT2D eigenvalue weighted by atomic mass is 16.5. The molecule has 4 aromatic carbocycles. The quantitative estimate of drug-likeness (QED) is 0.0760. The zero-order valence-electron chi connectivity index (χ0n) is 35.8. The van der Waals surface area contributed by atoms with Gasteiger partial charge >= 0.3 is 0 Å². The maximum Gasteiger partial charge on any atom is 0.251 e. The molecular formula is C47H56N8O8. The lowest BCUT2D eigenvalue weighted by Crippen LogP contribution is -2.56. The number of carbonyl (C=O) groups excluding carboxylic acids is 5. The summed E-state index contributed by atoms with van der Waals surface area (Å²) in [6, 6.07) is 21.7. The minimum absolute atomic E-state index is 0.00221. The molecule has 0 unspecified atom stereocenters. The van der Waals surface area contributed by atoms with E-state index >= 15 is 0 Å². The molecule has 332 valence electrons. The van der Waals surface area contributed by atoms with Gasteiger partial charge in [-0.05, 0) is 84.0 Å². The Labute approximate surface area is 367 Å². The summed E-state index contributed by atoms with van der Waals surface area (Å²) in [5.74, 6) is -2.82. The molecule has 5 rings (SSSR count). The number of benzene rings is 4. The number of hydrogen-bond acceptors (Lipinski definition) is 11. The van der Waals surface area contributed by atoms with Crippen molar-refractivity contribution in [1.29, 1.82) is 5.26 Å². The van der Waals surface area contributed by atoms with Crippen molar-refractivity contribution >= 4 is 29.5 Å². The number of rotatable bonds is 17. The Morgan fingerprint density at radius 3 is 2.11 bits per heavy atom. The van der Waals surface area contributed by atoms with Crippen LogP contribution in [0, 0.1) is 11.3 Å². The maximum absolute atomic E-state index is 14.4. The second-order valence-corrected chi connectivity index (χ2v) is 15.2. The lowest BCUT2D eigenvalue weighted by molar-refractivity contribution is -0.142. The van der Waals surface area contributed by atoms with E-state index in [0.29, 0.717) is 28.2 Å². The molecule has 4 aromatic rings. The largest absolute Gasteiger partial charge is 0.492 e. The monoisotopic (exact) mass is 860 g/mol. The van der Waals surface area contributed by atoms with Crippen LogP contribution in [0.2, 0.25) is 0 Å². The van der Waals surface area contributed by atoms with Crippen LogP contribution in [-0.4, -0.2) is 104 Å². The number of nitrogens with one attached hydrogen (secondary N) is 4. The maximum atomic E-state index is 14.4. The Kier molecular flexibility index (Phi) is 17.2. The van der Waals surface area contributed by atoms with E-state index in [2.05, 4.69) is 40.3 Å². The van der Waals surface area contributed by atoms with E-state index in [9.17, 15) is 29.1 Å². The van der Waals surface area contributed by atoms with E-state index in [0.717, 1.165) is 35.3 Å². The van der Waals surface area contributed by atoms with Gasteiger partial charge < -0.3 is 52.2 Å². The standard InChI is InChI=1S/C47H56N8O8/c1-4-5-6-30-7-10-32(11-8-30)33-12-14-34(15-13-33)44(58)54-39(28-56)47(61)55(3)42-35-16-18-41(63-24-21-50)37(27-35)36-25-31(9-17-40(36)62-23-20-49)26-38(45(59)51-22-19-48)53-43(57)29(2)52-46(42)60/h7-18,25,27,29,38-39,42,56H,4-6,20-24,26,28,49-50H2,1-3H3,(H,51,59)(H,52,60)(H,53,57)(H,54,58)/t29-,38-,39-,42-/m0/s1. The Bertz CT molecular complexity index is 2280. The molecule has 1 aliphatic rings. The Morgan fingerprint density at radius 1 is 0.889 bits per heavy atom. The molecule has 5 amide bonds. The molecule has 1 heterocycles. The molecule has 0 radical (unpaired) electrons. The predicted octanol–water partition coefficient (Wildman–Crippen LogP) is 2.51. The van der Waals surface area contributed by atoms with Gasteiger partial charge in [0, 0.05) is 43.2 Å². The molecule has 0 saturated heterocycles. The number of aryl methyl sites for hydroxylation is 1. The summed E-state index contributed by atoms with van der Waals surface area (Å²) in [4.78, 5) is 70.3. The number of fused-ring (bicyclic) bond motifs is 5. The molecule has 0 fully saturated rings. The third-order valence-corrected chi connectivity index (χ3v) is 10.6. The van der Waals surface area contributed by atoms with Crippen LogP contribution < -0.4 is 42.2 Å². The van der Waals surface area contributed by atoms with Crippen LogP contribution in [0.25, 0.3) is 22.3 Å². The fourth-order valence-corrected chi connectivity index (χ4v) is 7.19. The molecular weight excluding hydrogens is 805 g/mol. The minimum atomic E-state index is -1.48. The van der Waals surface area contributed by atoms with Gasteiger partial charge in [0.1, 0.15) is 55.4 Å². The summed E-state index contributed by atoms with van der Waals surface area (Å²) < 4.78 is 12.1. The van der Waals surface area contributed by atoms with Crippen molar-refractivity contribution in [2.24, 2.45) is 11.5 Å². The van der Waals surface area contributed by atoms with E-state index in [-0.39, 0.29) is 50.4 Å². The third-order valence-electron chi connectivity index (χ3n) is 10.6. The highest BCUT2D eigenvalue weighted by molar-refractivity contribution is 5.99. The van der Waals surface area contributed by atoms with E-state index < -0.39 is 60.3 Å². The summed E-state index contributed by atoms with van der Waals surface area (Å²) in [5, 5.41) is 30.1. The van der Waals surface area contributed by atoms with Gasteiger partial charge in [-0.25, -0.2) is 0 Å². The third kappa shape index (κ3) is 12.2. The highest BCUT2D eigenvalue weighted by Gasteiger charge is 2.36. The van der Waals surface area contributed by atoms with Gasteiger partial charge in [0.15, 0.2) is 0 Å². The number of aliphatic hydroxyl groups excluding tert-OH is 1. The van der Waals surface area contributed by atoms with Crippen LogP contribution in [0.1, 0.15) is 59.8 Å². The minimum Gasteiger partial charge on any atom is -0.492 e. The first-order chi connectivity index (χ1) is 30.4. The molecule has 1 aliphatic heterocycles. The Balaban J connectivity index is 1.51. The summed E-state index contributed by atoms with van der Waals surface area (Å²) >= 11 is 0. The molecule has 0 spiro atoms. The number of nitrogens with two attached hydrogens (primary N) is 2. The summed E-state index contributed by atoms with van der Waals surface area (Å²) in [7, 11) is 1.35. The van der Waals surface area contributed by atoms with Crippen LogP contribution in [0.5, 0.6) is 11.5 Å². The number of aliphatic hydroxyl groups is 1. The Hall–Kier alpha value is -6.80. The number of carbonyl (C=O) groups is 5. The molecule has 4 atom stereocenters. The molecule has 9 N–H and O–H groups in total. The van der Waals surface area contributed by atoms with Gasteiger partial charge in [0.2, 0.25) is 23.6 Å². The van der Waals surface area contributed by atoms with E-state index in [1.54, 1.807) is 60.7 Å². The number of hydrogen-bond donors (Lipinski definition) is 7. The average molecular weight is 861 g/mol. The van der Waals surface area contributed by atoms with Gasteiger partial charge in [0.05, 0.1) is 12.7 Å². The zero-order chi connectivity index (χ0) is 45.5. The van der Waals surface area contributed by atoms with Crippen molar-refractivity contribution in [1.82, 2.24) is 26.2 Å². The second kappa shape index (κ2) is 22.9. The van der Waals surface area contributed by atoms with Crippen molar-refractivity contribution in [2.75, 3.05) is 46.5 Å². The van der Waals surface area contributed by atoms with E-state index in [1.165, 1.54) is 19.5 Å². The second-order valence-electron chi connectivity index (χ2n) is 15.2. The predicted molar refractivity (Wildman–Crippen MR) is 237 cm³/mol. The first kappa shape index (κ1) is 47.3. The number of nitriles is 1. The van der Waals surface area contributed by atoms with Crippen LogP contribution in [0.15, 0.2) is 84.9 Å². The van der Waals surface area contributed by atoms with Gasteiger partial charge in [-0.1, -0.05) is 61.9 Å². The fraction of sp³-hybridized carbons (Fsp3) is 0.362. The van der Waals surface area contributed by atoms with Crippen molar-refractivity contribution in [3.8, 4) is 39.8 Å². The molecule has 0 aromatic heterocycles.